The van der Waals surface area contributed by atoms with E-state index in [0.29, 0.717) is 24.7 Å². The summed E-state index contributed by atoms with van der Waals surface area (Å²) in [7, 11) is 0. The second-order valence-electron chi connectivity index (χ2n) is 7.03. The Hall–Kier alpha value is -3.59. The summed E-state index contributed by atoms with van der Waals surface area (Å²) < 4.78 is 7.18. The van der Waals surface area contributed by atoms with Crippen LogP contribution < -0.4 is 10.9 Å². The lowest BCUT2D eigenvalue weighted by Crippen LogP contribution is -2.37. The second-order valence-corrected chi connectivity index (χ2v) is 7.03. The van der Waals surface area contributed by atoms with Crippen LogP contribution in [0.15, 0.2) is 53.8 Å². The van der Waals surface area contributed by atoms with E-state index >= 15 is 0 Å². The molecule has 0 radical (unpaired) electrons. The van der Waals surface area contributed by atoms with Crippen LogP contribution in [0.25, 0.3) is 22.3 Å². The minimum Gasteiger partial charge on any atom is -0.377 e. The van der Waals surface area contributed by atoms with Gasteiger partial charge < -0.3 is 15.0 Å². The van der Waals surface area contributed by atoms with Crippen LogP contribution in [0.2, 0.25) is 0 Å². The maximum Gasteiger partial charge on any atom is 0.267 e. The van der Waals surface area contributed by atoms with Gasteiger partial charge >= 0.3 is 0 Å². The smallest absolute Gasteiger partial charge is 0.267 e. The molecule has 1 fully saturated rings. The monoisotopic (exact) mass is 389 g/mol. The molecule has 146 valence electrons. The maximum absolute atomic E-state index is 12.6. The number of aromatic amines is 1. The van der Waals surface area contributed by atoms with E-state index in [4.69, 9.17) is 4.74 Å². The van der Waals surface area contributed by atoms with Crippen LogP contribution in [0.1, 0.15) is 11.7 Å². The van der Waals surface area contributed by atoms with Crippen LogP contribution in [-0.2, 0) is 4.74 Å². The van der Waals surface area contributed by atoms with Gasteiger partial charge in [0.2, 0.25) is 0 Å². The van der Waals surface area contributed by atoms with E-state index in [9.17, 15) is 4.79 Å². The maximum atomic E-state index is 12.6. The molecular formula is C20H19N7O2. The Kier molecular flexibility index (Phi) is 4.28. The first-order valence-corrected chi connectivity index (χ1v) is 9.34. The van der Waals surface area contributed by atoms with Gasteiger partial charge in [-0.2, -0.15) is 5.10 Å². The van der Waals surface area contributed by atoms with E-state index in [2.05, 4.69) is 30.4 Å². The molecule has 5 rings (SSSR count). The average Bonchev–Trinajstić information content (AvgIpc) is 3.35. The Bertz CT molecular complexity index is 1220. The van der Waals surface area contributed by atoms with E-state index in [1.54, 1.807) is 18.5 Å². The van der Waals surface area contributed by atoms with Crippen molar-refractivity contribution in [2.24, 2.45) is 0 Å². The van der Waals surface area contributed by atoms with Gasteiger partial charge in [0, 0.05) is 29.7 Å². The van der Waals surface area contributed by atoms with Gasteiger partial charge in [0.1, 0.15) is 17.9 Å². The first-order chi connectivity index (χ1) is 14.2. The van der Waals surface area contributed by atoms with E-state index in [-0.39, 0.29) is 17.6 Å². The number of rotatable bonds is 4. The predicted molar refractivity (Wildman–Crippen MR) is 108 cm³/mol. The van der Waals surface area contributed by atoms with E-state index in [0.717, 1.165) is 22.3 Å². The Morgan fingerprint density at radius 3 is 3.03 bits per heavy atom. The zero-order valence-electron chi connectivity index (χ0n) is 15.7. The van der Waals surface area contributed by atoms with Crippen molar-refractivity contribution >= 4 is 16.9 Å². The first kappa shape index (κ1) is 17.5. The van der Waals surface area contributed by atoms with Crippen LogP contribution in [0.5, 0.6) is 0 Å². The summed E-state index contributed by atoms with van der Waals surface area (Å²) in [4.78, 5) is 28.6. The minimum atomic E-state index is -0.264. The van der Waals surface area contributed by atoms with Gasteiger partial charge in [-0.25, -0.2) is 14.6 Å². The molecule has 0 spiro atoms. The number of nitrogens with zero attached hydrogens (tertiary/aromatic N) is 5. The van der Waals surface area contributed by atoms with E-state index in [1.165, 1.54) is 17.1 Å². The lowest BCUT2D eigenvalue weighted by Gasteiger charge is -2.21. The summed E-state index contributed by atoms with van der Waals surface area (Å²) in [5, 5.41) is 8.00. The molecule has 0 aliphatic carbocycles. The summed E-state index contributed by atoms with van der Waals surface area (Å²) in [6, 6.07) is 8.54. The van der Waals surface area contributed by atoms with Gasteiger partial charge in [-0.1, -0.05) is 0 Å². The Morgan fingerprint density at radius 2 is 2.17 bits per heavy atom. The number of anilines is 1. The fourth-order valence-corrected chi connectivity index (χ4v) is 3.61. The number of aromatic nitrogens is 6. The molecule has 2 atom stereocenters. The lowest BCUT2D eigenvalue weighted by molar-refractivity contribution is 0.183. The van der Waals surface area contributed by atoms with E-state index < -0.39 is 0 Å². The Morgan fingerprint density at radius 1 is 1.24 bits per heavy atom. The van der Waals surface area contributed by atoms with Crippen LogP contribution in [0.3, 0.4) is 0 Å². The van der Waals surface area contributed by atoms with Crippen LogP contribution in [0.4, 0.5) is 5.82 Å². The van der Waals surface area contributed by atoms with E-state index in [1.807, 2.05) is 25.1 Å². The number of fused-ring (bicyclic) bond motifs is 1. The summed E-state index contributed by atoms with van der Waals surface area (Å²) in [5.41, 5.74) is 4.04. The molecule has 29 heavy (non-hydrogen) atoms. The van der Waals surface area contributed by atoms with Gasteiger partial charge in [0.05, 0.1) is 30.5 Å². The van der Waals surface area contributed by atoms with Crippen molar-refractivity contribution in [2.75, 3.05) is 18.5 Å². The van der Waals surface area contributed by atoms with Gasteiger partial charge in [0.15, 0.2) is 5.82 Å². The number of hydrogen-bond acceptors (Lipinski definition) is 7. The molecule has 1 aliphatic rings. The number of aryl methyl sites for hydroxylation is 1. The number of hydrogen-bond donors (Lipinski definition) is 2. The number of H-pyrrole nitrogens is 1. The molecule has 4 aromatic heterocycles. The van der Waals surface area contributed by atoms with Gasteiger partial charge in [0.25, 0.3) is 5.56 Å². The zero-order valence-corrected chi connectivity index (χ0v) is 15.7. The van der Waals surface area contributed by atoms with Crippen LogP contribution >= 0.6 is 0 Å². The quantitative estimate of drug-likeness (QED) is 0.549. The molecule has 2 N–H and O–H groups in total. The number of ether oxygens (including phenoxy) is 1. The van der Waals surface area contributed by atoms with Gasteiger partial charge in [-0.3, -0.25) is 9.78 Å². The topological polar surface area (TPSA) is 111 Å². The molecule has 0 amide bonds. The van der Waals surface area contributed by atoms with Crippen molar-refractivity contribution in [2.45, 2.75) is 19.0 Å². The number of pyridine rings is 1. The lowest BCUT2D eigenvalue weighted by atomic mass is 10.1. The highest BCUT2D eigenvalue weighted by atomic mass is 16.5. The highest BCUT2D eigenvalue weighted by molar-refractivity contribution is 5.86. The molecule has 0 bridgehead atoms. The molecule has 2 unspecified atom stereocenters. The summed E-state index contributed by atoms with van der Waals surface area (Å²) in [6.07, 6.45) is 4.95. The molecular weight excluding hydrogens is 370 g/mol. The van der Waals surface area contributed by atoms with Crippen LogP contribution in [0, 0.1) is 6.92 Å². The molecule has 5 heterocycles. The molecule has 9 nitrogen and oxygen atoms in total. The minimum absolute atomic E-state index is 0.161. The SMILES string of the molecule is Cc1cc2ncnc(NC3COCC3n3nc(-c4cccnc4)ccc3=O)c2[nH]1. The van der Waals surface area contributed by atoms with Crippen molar-refractivity contribution < 1.29 is 4.74 Å². The van der Waals surface area contributed by atoms with Crippen molar-refractivity contribution in [3.63, 3.8) is 0 Å². The molecule has 1 aliphatic heterocycles. The standard InChI is InChI=1S/C20H19N7O2/c1-12-7-15-19(24-12)20(23-11-22-15)25-16-9-29-10-17(16)27-18(28)5-4-14(26-27)13-3-2-6-21-8-13/h2-8,11,16-17,24H,9-10H2,1H3,(H,22,23,25). The van der Waals surface area contributed by atoms with Crippen molar-refractivity contribution in [3.05, 3.63) is 65.1 Å². The highest BCUT2D eigenvalue weighted by Gasteiger charge is 2.32. The second kappa shape index (κ2) is 7.10. The van der Waals surface area contributed by atoms with Crippen LogP contribution in [-0.4, -0.2) is 49.0 Å². The third-order valence-electron chi connectivity index (χ3n) is 5.02. The predicted octanol–water partition coefficient (Wildman–Crippen LogP) is 1.94. The first-order valence-electron chi connectivity index (χ1n) is 9.34. The zero-order chi connectivity index (χ0) is 19.8. The normalized spacial score (nSPS) is 18.9. The fourth-order valence-electron chi connectivity index (χ4n) is 3.61. The highest BCUT2D eigenvalue weighted by Crippen LogP contribution is 2.25. The molecule has 4 aromatic rings. The molecule has 0 aromatic carbocycles. The summed E-state index contributed by atoms with van der Waals surface area (Å²) in [6.45, 7) is 2.81. The summed E-state index contributed by atoms with van der Waals surface area (Å²) >= 11 is 0. The van der Waals surface area contributed by atoms with Crippen molar-refractivity contribution in [1.82, 2.24) is 29.7 Å². The van der Waals surface area contributed by atoms with Crippen molar-refractivity contribution in [3.8, 4) is 11.3 Å². The third-order valence-corrected chi connectivity index (χ3v) is 5.02. The number of nitrogens with one attached hydrogen (secondary N) is 2. The fraction of sp³-hybridized carbons (Fsp3) is 0.250. The van der Waals surface area contributed by atoms with Gasteiger partial charge in [-0.15, -0.1) is 0 Å². The average molecular weight is 389 g/mol. The summed E-state index contributed by atoms with van der Waals surface area (Å²) in [5.74, 6) is 0.681. The largest absolute Gasteiger partial charge is 0.377 e. The molecule has 0 saturated carbocycles. The third kappa shape index (κ3) is 3.25. The Labute approximate surface area is 165 Å². The Balaban J connectivity index is 1.49. The molecule has 1 saturated heterocycles. The van der Waals surface area contributed by atoms with Crippen molar-refractivity contribution in [1.29, 1.82) is 0 Å². The van der Waals surface area contributed by atoms with Gasteiger partial charge in [-0.05, 0) is 31.2 Å². The molecule has 9 heteroatoms.